The van der Waals surface area contributed by atoms with Crippen LogP contribution in [0.4, 0.5) is 10.5 Å². The molecule has 0 radical (unpaired) electrons. The molecule has 1 fully saturated rings. The summed E-state index contributed by atoms with van der Waals surface area (Å²) in [6.45, 7) is 5.33. The first-order valence-electron chi connectivity index (χ1n) is 6.25. The van der Waals surface area contributed by atoms with Gasteiger partial charge in [0.15, 0.2) is 0 Å². The lowest BCUT2D eigenvalue weighted by atomic mass is 10.0. The molecule has 0 atom stereocenters. The third kappa shape index (κ3) is 3.38. The van der Waals surface area contributed by atoms with Crippen LogP contribution in [0.5, 0.6) is 5.75 Å². The van der Waals surface area contributed by atoms with Crippen LogP contribution in [0.2, 0.25) is 0 Å². The molecule has 1 aromatic carbocycles. The van der Waals surface area contributed by atoms with Crippen molar-refractivity contribution in [2.24, 2.45) is 0 Å². The summed E-state index contributed by atoms with van der Waals surface area (Å²) in [7, 11) is 0. The van der Waals surface area contributed by atoms with Crippen LogP contribution in [0.3, 0.4) is 0 Å². The van der Waals surface area contributed by atoms with E-state index < -0.39 is 17.3 Å². The number of ether oxygens (including phenoxy) is 1. The summed E-state index contributed by atoms with van der Waals surface area (Å²) in [6.07, 6.45) is 0.669. The predicted octanol–water partition coefficient (Wildman–Crippen LogP) is 2.72. The number of aliphatic hydroxyl groups is 1. The molecule has 0 saturated heterocycles. The number of benzene rings is 1. The van der Waals surface area contributed by atoms with Gasteiger partial charge in [-0.2, -0.15) is 0 Å². The van der Waals surface area contributed by atoms with Gasteiger partial charge in [0.2, 0.25) is 0 Å². The average molecular weight is 265 g/mol. The van der Waals surface area contributed by atoms with Crippen molar-refractivity contribution in [3.8, 4) is 5.75 Å². The van der Waals surface area contributed by atoms with Crippen molar-refractivity contribution in [3.63, 3.8) is 0 Å². The second-order valence-electron chi connectivity index (χ2n) is 5.89. The van der Waals surface area contributed by atoms with Gasteiger partial charge in [0.25, 0.3) is 0 Å². The summed E-state index contributed by atoms with van der Waals surface area (Å²) in [4.78, 5) is 11.7. The number of carbonyl (C=O) groups excluding carboxylic acids is 1. The Hall–Kier alpha value is -1.75. The van der Waals surface area contributed by atoms with Gasteiger partial charge in [-0.25, -0.2) is 4.79 Å². The number of rotatable bonds is 2. The SMILES string of the molecule is CC(C)(C)OC(=O)Nc1ccc(O)cc1C1(O)CC1. The minimum Gasteiger partial charge on any atom is -0.508 e. The second kappa shape index (κ2) is 4.42. The van der Waals surface area contributed by atoms with Crippen molar-refractivity contribution in [3.05, 3.63) is 23.8 Å². The molecule has 0 spiro atoms. The molecular weight excluding hydrogens is 246 g/mol. The van der Waals surface area contributed by atoms with Crippen molar-refractivity contribution in [1.29, 1.82) is 0 Å². The molecule has 1 aliphatic rings. The maximum absolute atomic E-state index is 11.7. The number of carbonyl (C=O) groups is 1. The molecule has 19 heavy (non-hydrogen) atoms. The number of amides is 1. The van der Waals surface area contributed by atoms with Gasteiger partial charge in [0.05, 0.1) is 11.3 Å². The fourth-order valence-corrected chi connectivity index (χ4v) is 1.83. The highest BCUT2D eigenvalue weighted by atomic mass is 16.6. The Balaban J connectivity index is 2.19. The van der Waals surface area contributed by atoms with Crippen LogP contribution < -0.4 is 5.32 Å². The van der Waals surface area contributed by atoms with Crippen LogP contribution in [0.1, 0.15) is 39.2 Å². The first-order valence-corrected chi connectivity index (χ1v) is 6.25. The number of nitrogens with one attached hydrogen (secondary N) is 1. The highest BCUT2D eigenvalue weighted by molar-refractivity contribution is 5.86. The van der Waals surface area contributed by atoms with Crippen LogP contribution in [0.25, 0.3) is 0 Å². The van der Waals surface area contributed by atoms with Crippen LogP contribution in [0.15, 0.2) is 18.2 Å². The molecule has 0 bridgehead atoms. The third-order valence-electron chi connectivity index (χ3n) is 2.86. The highest BCUT2D eigenvalue weighted by Crippen LogP contribution is 2.48. The van der Waals surface area contributed by atoms with Gasteiger partial charge < -0.3 is 14.9 Å². The van der Waals surface area contributed by atoms with E-state index in [9.17, 15) is 15.0 Å². The minimum atomic E-state index is -0.941. The van der Waals surface area contributed by atoms with Crippen LogP contribution in [-0.4, -0.2) is 21.9 Å². The lowest BCUT2D eigenvalue weighted by molar-refractivity contribution is 0.0635. The summed E-state index contributed by atoms with van der Waals surface area (Å²) in [5, 5.41) is 22.3. The van der Waals surface area contributed by atoms with Gasteiger partial charge in [0, 0.05) is 5.56 Å². The zero-order valence-corrected chi connectivity index (χ0v) is 11.4. The first-order chi connectivity index (χ1) is 8.70. The van der Waals surface area contributed by atoms with Crippen molar-refractivity contribution in [2.75, 3.05) is 5.32 Å². The molecule has 104 valence electrons. The van der Waals surface area contributed by atoms with Gasteiger partial charge in [-0.15, -0.1) is 0 Å². The van der Waals surface area contributed by atoms with Crippen LogP contribution >= 0.6 is 0 Å². The largest absolute Gasteiger partial charge is 0.508 e. The summed E-state index contributed by atoms with van der Waals surface area (Å²) in [5.74, 6) is 0.0602. The van der Waals surface area contributed by atoms with E-state index in [2.05, 4.69) is 5.32 Å². The van der Waals surface area contributed by atoms with Gasteiger partial charge >= 0.3 is 6.09 Å². The fourth-order valence-electron chi connectivity index (χ4n) is 1.83. The molecule has 0 heterocycles. The highest BCUT2D eigenvalue weighted by Gasteiger charge is 2.44. The van der Waals surface area contributed by atoms with Crippen molar-refractivity contribution in [2.45, 2.75) is 44.8 Å². The molecule has 2 rings (SSSR count). The molecule has 1 amide bonds. The van der Waals surface area contributed by atoms with E-state index in [1.165, 1.54) is 12.1 Å². The number of phenols is 1. The maximum Gasteiger partial charge on any atom is 0.412 e. The predicted molar refractivity (Wildman–Crippen MR) is 71.1 cm³/mol. The molecule has 0 unspecified atom stereocenters. The monoisotopic (exact) mass is 265 g/mol. The van der Waals surface area contributed by atoms with Gasteiger partial charge in [-0.3, -0.25) is 5.32 Å². The van der Waals surface area contributed by atoms with Crippen molar-refractivity contribution < 1.29 is 19.7 Å². The Labute approximate surface area is 112 Å². The molecule has 0 aromatic heterocycles. The Bertz CT molecular complexity index is 501. The van der Waals surface area contributed by atoms with E-state index in [0.29, 0.717) is 24.1 Å². The van der Waals surface area contributed by atoms with Crippen LogP contribution in [-0.2, 0) is 10.3 Å². The Morgan fingerprint density at radius 3 is 2.53 bits per heavy atom. The lowest BCUT2D eigenvalue weighted by Gasteiger charge is -2.21. The van der Waals surface area contributed by atoms with E-state index >= 15 is 0 Å². The molecule has 5 heteroatoms. The van der Waals surface area contributed by atoms with E-state index in [0.717, 1.165) is 0 Å². The van der Waals surface area contributed by atoms with E-state index in [1.807, 2.05) is 0 Å². The summed E-state index contributed by atoms with van der Waals surface area (Å²) in [6, 6.07) is 4.49. The normalized spacial score (nSPS) is 16.8. The fraction of sp³-hybridized carbons (Fsp3) is 0.500. The standard InChI is InChI=1S/C14H19NO4/c1-13(2,3)19-12(17)15-11-5-4-9(16)8-10(11)14(18)6-7-14/h4-5,8,16,18H,6-7H2,1-3H3,(H,15,17). The summed E-state index contributed by atoms with van der Waals surface area (Å²) in [5.41, 5.74) is -0.536. The Morgan fingerprint density at radius 2 is 2.00 bits per heavy atom. The number of aromatic hydroxyl groups is 1. The first kappa shape index (κ1) is 13.7. The smallest absolute Gasteiger partial charge is 0.412 e. The van der Waals surface area contributed by atoms with Crippen molar-refractivity contribution in [1.82, 2.24) is 0 Å². The van der Waals surface area contributed by atoms with Gasteiger partial charge in [-0.1, -0.05) is 0 Å². The number of anilines is 1. The zero-order valence-electron chi connectivity index (χ0n) is 11.4. The van der Waals surface area contributed by atoms with E-state index in [1.54, 1.807) is 26.8 Å². The van der Waals surface area contributed by atoms with Gasteiger partial charge in [0.1, 0.15) is 11.4 Å². The molecule has 0 aliphatic heterocycles. The molecule has 1 aliphatic carbocycles. The molecular formula is C14H19NO4. The van der Waals surface area contributed by atoms with E-state index in [4.69, 9.17) is 4.74 Å². The van der Waals surface area contributed by atoms with Crippen molar-refractivity contribution >= 4 is 11.8 Å². The zero-order chi connectivity index (χ0) is 14.3. The lowest BCUT2D eigenvalue weighted by Crippen LogP contribution is -2.28. The maximum atomic E-state index is 11.7. The molecule has 1 aromatic rings. The molecule has 5 nitrogen and oxygen atoms in total. The average Bonchev–Trinajstić information content (AvgIpc) is 2.97. The molecule has 3 N–H and O–H groups in total. The number of hydrogen-bond acceptors (Lipinski definition) is 4. The quantitative estimate of drug-likeness (QED) is 0.718. The third-order valence-corrected chi connectivity index (χ3v) is 2.86. The Morgan fingerprint density at radius 1 is 1.37 bits per heavy atom. The van der Waals surface area contributed by atoms with Gasteiger partial charge in [-0.05, 0) is 51.8 Å². The minimum absolute atomic E-state index is 0.0602. The summed E-state index contributed by atoms with van der Waals surface area (Å²) < 4.78 is 5.17. The van der Waals surface area contributed by atoms with Crippen LogP contribution in [0, 0.1) is 0 Å². The topological polar surface area (TPSA) is 78.8 Å². The second-order valence-corrected chi connectivity index (χ2v) is 5.89. The number of hydrogen-bond donors (Lipinski definition) is 3. The Kier molecular flexibility index (Phi) is 3.18. The van der Waals surface area contributed by atoms with E-state index in [-0.39, 0.29) is 5.75 Å². The molecule has 1 saturated carbocycles. The number of phenolic OH excluding ortho intramolecular Hbond substituents is 1. The summed E-state index contributed by atoms with van der Waals surface area (Å²) >= 11 is 0.